The fourth-order valence-electron chi connectivity index (χ4n) is 2.06. The number of pyridine rings is 2. The summed E-state index contributed by atoms with van der Waals surface area (Å²) in [6.45, 7) is 0.783. The molecule has 0 spiro atoms. The summed E-state index contributed by atoms with van der Waals surface area (Å²) < 4.78 is 5.07. The minimum Gasteiger partial charge on any atom is -0.481 e. The van der Waals surface area contributed by atoms with E-state index >= 15 is 0 Å². The molecule has 4 heteroatoms. The molecule has 2 aromatic heterocycles. The van der Waals surface area contributed by atoms with E-state index in [0.717, 1.165) is 29.1 Å². The highest BCUT2D eigenvalue weighted by Crippen LogP contribution is 2.30. The van der Waals surface area contributed by atoms with Gasteiger partial charge in [0.2, 0.25) is 5.88 Å². The first-order valence-electron chi connectivity index (χ1n) is 5.78. The summed E-state index contributed by atoms with van der Waals surface area (Å²) in [5.74, 6) is 1.55. The maximum atomic E-state index is 5.07. The van der Waals surface area contributed by atoms with E-state index in [-0.39, 0.29) is 0 Å². The molecule has 0 saturated heterocycles. The number of nitrogens with zero attached hydrogens (tertiary/aromatic N) is 2. The number of hydrogen-bond donors (Lipinski definition) is 1. The van der Waals surface area contributed by atoms with Crippen LogP contribution >= 0.6 is 0 Å². The fourth-order valence-corrected chi connectivity index (χ4v) is 2.06. The quantitative estimate of drug-likeness (QED) is 0.873. The highest BCUT2D eigenvalue weighted by Gasteiger charge is 2.14. The Morgan fingerprint density at radius 3 is 2.94 bits per heavy atom. The predicted molar refractivity (Wildman–Crippen MR) is 70.6 cm³/mol. The number of nitrogens with one attached hydrogen (secondary N) is 1. The van der Waals surface area contributed by atoms with Crippen molar-refractivity contribution in [2.45, 2.75) is 0 Å². The summed E-state index contributed by atoms with van der Waals surface area (Å²) in [4.78, 5) is 8.57. The van der Waals surface area contributed by atoms with E-state index in [9.17, 15) is 0 Å². The molecule has 0 bridgehead atoms. The minimum atomic E-state index is 0.625. The van der Waals surface area contributed by atoms with Gasteiger partial charge in [0.15, 0.2) is 0 Å². The molecule has 4 nitrogen and oxygen atoms in total. The summed E-state index contributed by atoms with van der Waals surface area (Å²) in [6.07, 6.45) is 5.77. The lowest BCUT2D eigenvalue weighted by Gasteiger charge is -2.18. The Kier molecular flexibility index (Phi) is 2.68. The van der Waals surface area contributed by atoms with Crippen LogP contribution < -0.4 is 10.1 Å². The summed E-state index contributed by atoms with van der Waals surface area (Å²) in [6, 6.07) is 7.88. The third-order valence-corrected chi connectivity index (χ3v) is 2.93. The SMILES string of the molecule is COc1ccc(C2=CCNc3ncccc32)cn1. The molecule has 0 aromatic carbocycles. The minimum absolute atomic E-state index is 0.625. The normalized spacial score (nSPS) is 13.3. The van der Waals surface area contributed by atoms with Crippen LogP contribution in [0.15, 0.2) is 42.7 Å². The van der Waals surface area contributed by atoms with E-state index in [1.807, 2.05) is 24.4 Å². The second-order valence-corrected chi connectivity index (χ2v) is 3.99. The third-order valence-electron chi connectivity index (χ3n) is 2.93. The summed E-state index contributed by atoms with van der Waals surface area (Å²) in [7, 11) is 1.62. The average molecular weight is 239 g/mol. The van der Waals surface area contributed by atoms with Gasteiger partial charge in [-0.05, 0) is 23.8 Å². The van der Waals surface area contributed by atoms with E-state index in [0.29, 0.717) is 5.88 Å². The van der Waals surface area contributed by atoms with Crippen molar-refractivity contribution in [3.8, 4) is 5.88 Å². The van der Waals surface area contributed by atoms with Gasteiger partial charge in [0.25, 0.3) is 0 Å². The Morgan fingerprint density at radius 2 is 2.17 bits per heavy atom. The summed E-state index contributed by atoms with van der Waals surface area (Å²) >= 11 is 0. The lowest BCUT2D eigenvalue weighted by molar-refractivity contribution is 0.398. The predicted octanol–water partition coefficient (Wildman–Crippen LogP) is 2.34. The van der Waals surface area contributed by atoms with Crippen LogP contribution in [-0.4, -0.2) is 23.6 Å². The van der Waals surface area contributed by atoms with Crippen molar-refractivity contribution in [1.82, 2.24) is 9.97 Å². The standard InChI is InChI=1S/C14H13N3O/c1-18-13-5-4-10(9-17-13)11-6-8-16-14-12(11)3-2-7-15-14/h2-7,9H,8H2,1H3,(H,15,16). The largest absolute Gasteiger partial charge is 0.481 e. The molecule has 3 rings (SSSR count). The molecule has 0 atom stereocenters. The van der Waals surface area contributed by atoms with Crippen molar-refractivity contribution in [3.05, 3.63) is 53.9 Å². The molecular formula is C14H13N3O. The molecule has 0 amide bonds. The third kappa shape index (κ3) is 1.82. The number of fused-ring (bicyclic) bond motifs is 1. The fraction of sp³-hybridized carbons (Fsp3) is 0.143. The van der Waals surface area contributed by atoms with Gasteiger partial charge in [0, 0.05) is 36.1 Å². The Balaban J connectivity index is 2.03. The van der Waals surface area contributed by atoms with Gasteiger partial charge in [0.05, 0.1) is 7.11 Å². The molecule has 1 aliphatic rings. The highest BCUT2D eigenvalue weighted by atomic mass is 16.5. The van der Waals surface area contributed by atoms with Crippen molar-refractivity contribution >= 4 is 11.4 Å². The first-order chi connectivity index (χ1) is 8.88. The Morgan fingerprint density at radius 1 is 1.22 bits per heavy atom. The number of rotatable bonds is 2. The van der Waals surface area contributed by atoms with Crippen molar-refractivity contribution in [1.29, 1.82) is 0 Å². The maximum Gasteiger partial charge on any atom is 0.212 e. The van der Waals surface area contributed by atoms with Crippen LogP contribution in [0, 0.1) is 0 Å². The van der Waals surface area contributed by atoms with Gasteiger partial charge in [-0.2, -0.15) is 0 Å². The molecular weight excluding hydrogens is 226 g/mol. The van der Waals surface area contributed by atoms with E-state index in [1.165, 1.54) is 0 Å². The van der Waals surface area contributed by atoms with E-state index in [4.69, 9.17) is 4.74 Å². The van der Waals surface area contributed by atoms with Gasteiger partial charge in [-0.3, -0.25) is 0 Å². The molecule has 3 heterocycles. The smallest absolute Gasteiger partial charge is 0.212 e. The molecule has 0 radical (unpaired) electrons. The number of aromatic nitrogens is 2. The Labute approximate surface area is 105 Å². The molecule has 18 heavy (non-hydrogen) atoms. The van der Waals surface area contributed by atoms with Crippen LogP contribution in [0.2, 0.25) is 0 Å². The number of hydrogen-bond acceptors (Lipinski definition) is 4. The molecule has 2 aromatic rings. The highest BCUT2D eigenvalue weighted by molar-refractivity contribution is 5.86. The van der Waals surface area contributed by atoms with E-state index in [2.05, 4.69) is 27.4 Å². The average Bonchev–Trinajstić information content (AvgIpc) is 2.47. The Bertz CT molecular complexity index is 590. The van der Waals surface area contributed by atoms with Crippen molar-refractivity contribution in [3.63, 3.8) is 0 Å². The van der Waals surface area contributed by atoms with Gasteiger partial charge in [-0.1, -0.05) is 6.08 Å². The van der Waals surface area contributed by atoms with Crippen LogP contribution in [0.25, 0.3) is 5.57 Å². The first kappa shape index (κ1) is 10.8. The number of anilines is 1. The first-order valence-corrected chi connectivity index (χ1v) is 5.78. The second kappa shape index (κ2) is 4.49. The van der Waals surface area contributed by atoms with E-state index < -0.39 is 0 Å². The van der Waals surface area contributed by atoms with E-state index in [1.54, 1.807) is 13.3 Å². The van der Waals surface area contributed by atoms with Crippen molar-refractivity contribution in [2.75, 3.05) is 19.0 Å². The zero-order valence-electron chi connectivity index (χ0n) is 10.1. The monoisotopic (exact) mass is 239 g/mol. The zero-order valence-corrected chi connectivity index (χ0v) is 10.1. The van der Waals surface area contributed by atoms with Gasteiger partial charge in [-0.25, -0.2) is 9.97 Å². The molecule has 0 fully saturated rings. The maximum absolute atomic E-state index is 5.07. The Hall–Kier alpha value is -2.36. The molecule has 1 aliphatic heterocycles. The molecule has 90 valence electrons. The van der Waals surface area contributed by atoms with Crippen LogP contribution in [0.1, 0.15) is 11.1 Å². The van der Waals surface area contributed by atoms with Crippen LogP contribution in [-0.2, 0) is 0 Å². The number of ether oxygens (including phenoxy) is 1. The van der Waals surface area contributed by atoms with Crippen LogP contribution in [0.5, 0.6) is 5.88 Å². The van der Waals surface area contributed by atoms with Gasteiger partial charge < -0.3 is 10.1 Å². The van der Waals surface area contributed by atoms with Gasteiger partial charge in [0.1, 0.15) is 5.82 Å². The molecule has 0 aliphatic carbocycles. The lowest BCUT2D eigenvalue weighted by Crippen LogP contribution is -2.10. The van der Waals surface area contributed by atoms with Crippen molar-refractivity contribution in [2.24, 2.45) is 0 Å². The molecule has 0 saturated carbocycles. The molecule has 1 N–H and O–H groups in total. The topological polar surface area (TPSA) is 47.0 Å². The van der Waals surface area contributed by atoms with Gasteiger partial charge >= 0.3 is 0 Å². The molecule has 0 unspecified atom stereocenters. The van der Waals surface area contributed by atoms with Crippen LogP contribution in [0.4, 0.5) is 5.82 Å². The van der Waals surface area contributed by atoms with Crippen molar-refractivity contribution < 1.29 is 4.74 Å². The number of methoxy groups -OCH3 is 1. The summed E-state index contributed by atoms with van der Waals surface area (Å²) in [5.41, 5.74) is 3.34. The van der Waals surface area contributed by atoms with Crippen LogP contribution in [0.3, 0.4) is 0 Å². The zero-order chi connectivity index (χ0) is 12.4. The lowest BCUT2D eigenvalue weighted by atomic mass is 9.97. The van der Waals surface area contributed by atoms with Gasteiger partial charge in [-0.15, -0.1) is 0 Å². The second-order valence-electron chi connectivity index (χ2n) is 3.99. The summed E-state index contributed by atoms with van der Waals surface area (Å²) in [5, 5.41) is 3.25.